The van der Waals surface area contributed by atoms with E-state index in [0.717, 1.165) is 16.2 Å². The Kier molecular flexibility index (Phi) is 5.32. The third-order valence-electron chi connectivity index (χ3n) is 3.77. The number of amides is 2. The predicted octanol–water partition coefficient (Wildman–Crippen LogP) is 3.92. The maximum absolute atomic E-state index is 12.4. The minimum Gasteiger partial charge on any atom is -0.497 e. The lowest BCUT2D eigenvalue weighted by Crippen LogP contribution is -2.30. The van der Waals surface area contributed by atoms with Crippen molar-refractivity contribution in [3.63, 3.8) is 0 Å². The van der Waals surface area contributed by atoms with Gasteiger partial charge in [0.25, 0.3) is 11.8 Å². The number of hydrogen-bond acceptors (Lipinski definition) is 4. The minimum atomic E-state index is -0.181. The fraction of sp³-hybridized carbons (Fsp3) is 0.200. The van der Waals surface area contributed by atoms with Crippen LogP contribution in [0.3, 0.4) is 0 Å². The molecule has 1 aliphatic rings. The maximum atomic E-state index is 12.4. The summed E-state index contributed by atoms with van der Waals surface area (Å²) in [6, 6.07) is 12.9. The smallest absolute Gasteiger partial charge is 0.262 e. The summed E-state index contributed by atoms with van der Waals surface area (Å²) >= 11 is 1.39. The van der Waals surface area contributed by atoms with Gasteiger partial charge in [-0.05, 0) is 55.8 Å². The zero-order chi connectivity index (χ0) is 18.7. The number of rotatable bonds is 4. The second-order valence-corrected chi connectivity index (χ2v) is 7.26. The van der Waals surface area contributed by atoms with Crippen molar-refractivity contribution in [3.8, 4) is 5.75 Å². The molecule has 0 saturated heterocycles. The van der Waals surface area contributed by atoms with Crippen molar-refractivity contribution in [3.05, 3.63) is 58.5 Å². The molecule has 3 rings (SSSR count). The molecule has 1 heterocycles. The molecule has 0 unspecified atom stereocenters. The molecule has 0 atom stereocenters. The van der Waals surface area contributed by atoms with Crippen molar-refractivity contribution in [2.24, 2.45) is 0 Å². The SMILES string of the molecule is COc1ccc(/C=C2/Sc3ccc(C(=O)NC(C)C)cc3NC2=O)cc1. The standard InChI is InChI=1S/C20H20N2O3S/c1-12(2)21-19(23)14-6-9-17-16(11-14)22-20(24)18(26-17)10-13-4-7-15(25-3)8-5-13/h4-12H,1-3H3,(H,21,23)(H,22,24)/b18-10+. The second-order valence-electron chi connectivity index (χ2n) is 6.18. The highest BCUT2D eigenvalue weighted by molar-refractivity contribution is 8.04. The average molecular weight is 368 g/mol. The zero-order valence-corrected chi connectivity index (χ0v) is 15.6. The highest BCUT2D eigenvalue weighted by atomic mass is 32.2. The fourth-order valence-electron chi connectivity index (χ4n) is 2.50. The Bertz CT molecular complexity index is 873. The van der Waals surface area contributed by atoms with Gasteiger partial charge in [0.15, 0.2) is 0 Å². The van der Waals surface area contributed by atoms with Crippen LogP contribution in [-0.4, -0.2) is 25.0 Å². The molecule has 2 amide bonds. The third kappa shape index (κ3) is 4.08. The number of fused-ring (bicyclic) bond motifs is 1. The van der Waals surface area contributed by atoms with E-state index in [0.29, 0.717) is 16.2 Å². The van der Waals surface area contributed by atoms with Gasteiger partial charge in [0.05, 0.1) is 17.7 Å². The summed E-state index contributed by atoms with van der Waals surface area (Å²) in [5, 5.41) is 5.72. The summed E-state index contributed by atoms with van der Waals surface area (Å²) in [4.78, 5) is 26.1. The van der Waals surface area contributed by atoms with Crippen LogP contribution in [0.25, 0.3) is 6.08 Å². The number of anilines is 1. The van der Waals surface area contributed by atoms with Gasteiger partial charge < -0.3 is 15.4 Å². The molecule has 6 heteroatoms. The first-order valence-electron chi connectivity index (χ1n) is 8.26. The van der Waals surface area contributed by atoms with E-state index in [1.54, 1.807) is 19.2 Å². The molecule has 2 aromatic rings. The third-order valence-corrected chi connectivity index (χ3v) is 4.87. The molecule has 0 radical (unpaired) electrons. The molecule has 2 N–H and O–H groups in total. The zero-order valence-electron chi connectivity index (χ0n) is 14.8. The number of hydrogen-bond donors (Lipinski definition) is 2. The van der Waals surface area contributed by atoms with Crippen molar-refractivity contribution < 1.29 is 14.3 Å². The predicted molar refractivity (Wildman–Crippen MR) is 105 cm³/mol. The van der Waals surface area contributed by atoms with Crippen molar-refractivity contribution in [1.29, 1.82) is 0 Å². The highest BCUT2D eigenvalue weighted by Gasteiger charge is 2.22. The molecule has 1 aliphatic heterocycles. The van der Waals surface area contributed by atoms with Crippen molar-refractivity contribution in [1.82, 2.24) is 5.32 Å². The first kappa shape index (κ1) is 18.1. The van der Waals surface area contributed by atoms with Crippen LogP contribution in [0.4, 0.5) is 5.69 Å². The van der Waals surface area contributed by atoms with E-state index >= 15 is 0 Å². The molecule has 0 aliphatic carbocycles. The van der Waals surface area contributed by atoms with Crippen LogP contribution in [0.2, 0.25) is 0 Å². The first-order chi connectivity index (χ1) is 12.5. The van der Waals surface area contributed by atoms with Crippen LogP contribution < -0.4 is 15.4 Å². The summed E-state index contributed by atoms with van der Waals surface area (Å²) in [7, 11) is 1.62. The Morgan fingerprint density at radius 2 is 1.92 bits per heavy atom. The van der Waals surface area contributed by atoms with E-state index in [1.807, 2.05) is 50.3 Å². The van der Waals surface area contributed by atoms with Gasteiger partial charge in [-0.25, -0.2) is 0 Å². The Labute approximate surface area is 156 Å². The molecule has 0 aromatic heterocycles. The van der Waals surface area contributed by atoms with Gasteiger partial charge in [-0.1, -0.05) is 23.9 Å². The number of ether oxygens (including phenoxy) is 1. The van der Waals surface area contributed by atoms with Crippen LogP contribution >= 0.6 is 11.8 Å². The molecule has 0 spiro atoms. The molecule has 26 heavy (non-hydrogen) atoms. The van der Waals surface area contributed by atoms with Gasteiger partial charge in [-0.2, -0.15) is 0 Å². The van der Waals surface area contributed by atoms with Crippen LogP contribution in [0.5, 0.6) is 5.75 Å². The molecule has 0 fully saturated rings. The van der Waals surface area contributed by atoms with Crippen LogP contribution in [0.15, 0.2) is 52.3 Å². The number of carbonyl (C=O) groups excluding carboxylic acids is 2. The first-order valence-corrected chi connectivity index (χ1v) is 9.08. The molecule has 134 valence electrons. The maximum Gasteiger partial charge on any atom is 0.262 e. The number of carbonyl (C=O) groups is 2. The van der Waals surface area contributed by atoms with Gasteiger partial charge in [-0.3, -0.25) is 9.59 Å². The average Bonchev–Trinajstić information content (AvgIpc) is 2.62. The van der Waals surface area contributed by atoms with Crippen molar-refractivity contribution >= 4 is 35.3 Å². The normalized spacial score (nSPS) is 14.8. The van der Waals surface area contributed by atoms with E-state index in [-0.39, 0.29) is 17.9 Å². The highest BCUT2D eigenvalue weighted by Crippen LogP contribution is 2.39. The number of methoxy groups -OCH3 is 1. The molecule has 0 bridgehead atoms. The Hall–Kier alpha value is -2.73. The van der Waals surface area contributed by atoms with Crippen LogP contribution in [0.1, 0.15) is 29.8 Å². The summed E-state index contributed by atoms with van der Waals surface area (Å²) in [6.07, 6.45) is 1.84. The van der Waals surface area contributed by atoms with Gasteiger partial charge in [-0.15, -0.1) is 0 Å². The fourth-order valence-corrected chi connectivity index (χ4v) is 3.43. The van der Waals surface area contributed by atoms with E-state index < -0.39 is 0 Å². The van der Waals surface area contributed by atoms with E-state index in [2.05, 4.69) is 10.6 Å². The summed E-state index contributed by atoms with van der Waals surface area (Å²) in [6.45, 7) is 3.81. The Morgan fingerprint density at radius 3 is 2.58 bits per heavy atom. The molecule has 5 nitrogen and oxygen atoms in total. The lowest BCUT2D eigenvalue weighted by atomic mass is 10.1. The largest absolute Gasteiger partial charge is 0.497 e. The van der Waals surface area contributed by atoms with E-state index in [4.69, 9.17) is 4.74 Å². The number of thioether (sulfide) groups is 1. The summed E-state index contributed by atoms with van der Waals surface area (Å²) < 4.78 is 5.14. The molecular weight excluding hydrogens is 348 g/mol. The van der Waals surface area contributed by atoms with Crippen molar-refractivity contribution in [2.75, 3.05) is 12.4 Å². The monoisotopic (exact) mass is 368 g/mol. The van der Waals surface area contributed by atoms with E-state index in [9.17, 15) is 9.59 Å². The Morgan fingerprint density at radius 1 is 1.19 bits per heavy atom. The number of benzene rings is 2. The van der Waals surface area contributed by atoms with Gasteiger partial charge in [0.2, 0.25) is 0 Å². The van der Waals surface area contributed by atoms with Gasteiger partial charge in [0, 0.05) is 16.5 Å². The summed E-state index contributed by atoms with van der Waals surface area (Å²) in [5.41, 5.74) is 2.10. The Balaban J connectivity index is 1.82. The van der Waals surface area contributed by atoms with Gasteiger partial charge in [0.1, 0.15) is 5.75 Å². The topological polar surface area (TPSA) is 67.4 Å². The van der Waals surface area contributed by atoms with E-state index in [1.165, 1.54) is 11.8 Å². The minimum absolute atomic E-state index is 0.0570. The quantitative estimate of drug-likeness (QED) is 0.803. The molecule has 2 aromatic carbocycles. The lowest BCUT2D eigenvalue weighted by molar-refractivity contribution is -0.112. The van der Waals surface area contributed by atoms with Crippen molar-refractivity contribution in [2.45, 2.75) is 24.8 Å². The summed E-state index contributed by atoms with van der Waals surface area (Å²) in [5.74, 6) is 0.437. The van der Waals surface area contributed by atoms with Crippen LogP contribution in [-0.2, 0) is 4.79 Å². The van der Waals surface area contributed by atoms with Crippen LogP contribution in [0, 0.1) is 0 Å². The second kappa shape index (κ2) is 7.66. The molecule has 0 saturated carbocycles. The van der Waals surface area contributed by atoms with Gasteiger partial charge >= 0.3 is 0 Å². The lowest BCUT2D eigenvalue weighted by Gasteiger charge is -2.19. The number of nitrogens with one attached hydrogen (secondary N) is 2. The molecular formula is C20H20N2O3S.